The van der Waals surface area contributed by atoms with Crippen LogP contribution in [-0.4, -0.2) is 136 Å². The van der Waals surface area contributed by atoms with Crippen LogP contribution in [0, 0.1) is 0 Å². The number of hydrogen-bond acceptors (Lipinski definition) is 9. The Morgan fingerprint density at radius 3 is 1.37 bits per heavy atom. The first kappa shape index (κ1) is 73.8. The second-order valence-electron chi connectivity index (χ2n) is 23.2. The summed E-state index contributed by atoms with van der Waals surface area (Å²) in [5.74, 6) is 1.26. The normalized spacial score (nSPS) is 18.4. The van der Waals surface area contributed by atoms with Crippen LogP contribution in [0.3, 0.4) is 0 Å². The summed E-state index contributed by atoms with van der Waals surface area (Å²) < 4.78 is 26.0. The minimum atomic E-state index is -0.935. The summed E-state index contributed by atoms with van der Waals surface area (Å²) in [7, 11) is 5.60. The van der Waals surface area contributed by atoms with Crippen LogP contribution in [0.25, 0.3) is 0 Å². The Morgan fingerprint density at radius 2 is 0.944 bits per heavy atom. The Labute approximate surface area is 570 Å². The number of carbonyl (C=O) groups excluding carboxylic acids is 4. The molecule has 12 nitrogen and oxygen atoms in total. The van der Waals surface area contributed by atoms with E-state index in [2.05, 4.69) is 51.5 Å². The van der Waals surface area contributed by atoms with Gasteiger partial charge in [-0.05, 0) is 153 Å². The maximum atomic E-state index is 14.0. The van der Waals surface area contributed by atoms with Gasteiger partial charge < -0.3 is 29.8 Å². The third-order valence-electron chi connectivity index (χ3n) is 18.3. The Kier molecular flexibility index (Phi) is 27.4. The molecule has 6 aromatic carbocycles. The van der Waals surface area contributed by atoms with Crippen molar-refractivity contribution in [3.8, 4) is 0 Å². The molecule has 2 spiro atoms. The van der Waals surface area contributed by atoms with Crippen LogP contribution in [0.15, 0.2) is 146 Å². The average molecular weight is 1390 g/mol. The highest BCUT2D eigenvalue weighted by atomic mass is 35.5. The van der Waals surface area contributed by atoms with Crippen LogP contribution >= 0.6 is 85.0 Å². The van der Waals surface area contributed by atoms with Crippen LogP contribution in [0.5, 0.6) is 0 Å². The number of likely N-dealkylation sites (tertiary alicyclic amines) is 2. The number of likely N-dealkylation sites (N-methyl/N-ethyl adjacent to an activating group) is 4. The maximum absolute atomic E-state index is 14.0. The van der Waals surface area contributed by atoms with Crippen LogP contribution in [-0.2, 0) is 63.3 Å². The first-order valence-electron chi connectivity index (χ1n) is 29.7. The van der Waals surface area contributed by atoms with Crippen molar-refractivity contribution in [2.75, 3.05) is 80.5 Å². The summed E-state index contributed by atoms with van der Waals surface area (Å²) in [6.45, 7) is 9.52. The molecule has 4 atom stereocenters. The smallest absolute Gasteiger partial charge is 0.254 e. The van der Waals surface area contributed by atoms with Gasteiger partial charge in [0.25, 0.3) is 11.1 Å². The van der Waals surface area contributed by atoms with E-state index >= 15 is 0 Å². The Morgan fingerprint density at radius 1 is 0.539 bits per heavy atom. The number of halogens is 5. The van der Waals surface area contributed by atoms with Crippen molar-refractivity contribution < 1.29 is 27.6 Å². The fourth-order valence-corrected chi connectivity index (χ4v) is 17.5. The predicted molar refractivity (Wildman–Crippen MR) is 378 cm³/mol. The zero-order chi connectivity index (χ0) is 62.7. The van der Waals surface area contributed by atoms with Gasteiger partial charge in [-0.15, -0.1) is 0 Å². The largest absolute Gasteiger partial charge is 0.344 e. The van der Waals surface area contributed by atoms with Crippen LogP contribution < -0.4 is 5.32 Å². The van der Waals surface area contributed by atoms with Gasteiger partial charge in [0, 0.05) is 104 Å². The number of piperidine rings is 2. The zero-order valence-corrected chi connectivity index (χ0v) is 58.9. The van der Waals surface area contributed by atoms with Gasteiger partial charge in [-0.3, -0.25) is 27.6 Å². The molecule has 0 radical (unpaired) electrons. The van der Waals surface area contributed by atoms with Gasteiger partial charge in [0.1, 0.15) is 0 Å². The molecule has 21 heteroatoms. The summed E-state index contributed by atoms with van der Waals surface area (Å²) in [6.07, 6.45) is 5.65. The van der Waals surface area contributed by atoms with Gasteiger partial charge in [0.05, 0.1) is 40.7 Å². The molecule has 0 saturated carbocycles. The van der Waals surface area contributed by atoms with Crippen LogP contribution in [0.4, 0.5) is 0 Å². The van der Waals surface area contributed by atoms with Crippen molar-refractivity contribution in [2.45, 2.75) is 97.3 Å². The Bertz CT molecular complexity index is 3450. The summed E-state index contributed by atoms with van der Waals surface area (Å²) in [6, 6.07) is 45.9. The quantitative estimate of drug-likeness (QED) is 0.0836. The molecule has 89 heavy (non-hydrogen) atoms. The number of nitrogens with one attached hydrogen (secondary N) is 1. The van der Waals surface area contributed by atoms with Gasteiger partial charge in [0.2, 0.25) is 11.8 Å². The highest BCUT2D eigenvalue weighted by Crippen LogP contribution is 2.49. The number of carbonyl (C=O) groups is 4. The molecule has 1 N–H and O–H groups in total. The average Bonchev–Trinajstić information content (AvgIpc) is 1.74. The lowest BCUT2D eigenvalue weighted by Gasteiger charge is -2.47. The SMILES string of the molecule is CCC(=O)N(C)C[C@@](CCN1CCC2(CC1)c1ccccc1CS2=O)(NC)c1ccc(Cl)c(Cl)c1.CCC(=O)N(C)C[C@](CCN1CCC2(CC1)c1ccccc1CS2=O)(c1ccc(Cl)c(Cl)c1)N(C)C(=O)c1ccccc1.O=C(Cl)c1ccccc1.S.S. The lowest BCUT2D eigenvalue weighted by Crippen LogP contribution is -2.56. The van der Waals surface area contributed by atoms with Crippen molar-refractivity contribution >= 4 is 130 Å². The number of fused-ring (bicyclic) bond motifs is 4. The lowest BCUT2D eigenvalue weighted by molar-refractivity contribution is -0.131. The van der Waals surface area contributed by atoms with E-state index in [1.54, 1.807) is 52.1 Å². The van der Waals surface area contributed by atoms with Crippen LogP contribution in [0.1, 0.15) is 119 Å². The molecule has 2 unspecified atom stereocenters. The topological polar surface area (TPSA) is 131 Å². The first-order valence-corrected chi connectivity index (χ1v) is 34.2. The van der Waals surface area contributed by atoms with Gasteiger partial charge in [-0.1, -0.05) is 169 Å². The summed E-state index contributed by atoms with van der Waals surface area (Å²) in [5.41, 5.74) is 6.58. The molecule has 4 aliphatic heterocycles. The molecule has 2 saturated heterocycles. The predicted octanol–water partition coefficient (Wildman–Crippen LogP) is 13.7. The molecule has 10 rings (SSSR count). The number of rotatable bonds is 18. The molecule has 3 amide bonds. The minimum Gasteiger partial charge on any atom is -0.344 e. The second-order valence-corrected chi connectivity index (χ2v) is 28.7. The fraction of sp³-hybridized carbons (Fsp3) is 0.412. The number of hydrogen-bond donors (Lipinski definition) is 1. The molecule has 4 heterocycles. The maximum Gasteiger partial charge on any atom is 0.254 e. The number of benzene rings is 6. The van der Waals surface area contributed by atoms with Gasteiger partial charge in [-0.25, -0.2) is 0 Å². The van der Waals surface area contributed by atoms with Crippen molar-refractivity contribution in [1.82, 2.24) is 29.8 Å². The standard InChI is InChI=1S/C34H39Cl2N3O3S.C27H35Cl2N3O2S.C7H5ClO.2H2S/c1-4-31(40)37(2)24-33(27-14-15-29(35)30(36)22-27,38(3)32(41)25-10-6-5-7-11-25)16-19-39-20-17-34(18-21-39)28-13-9-8-12-26(28)23-43(34)42;1-4-25(33)31(3)19-26(30-2,21-9-10-23(28)24(29)17-21)11-14-32-15-12-27(13-16-32)22-8-6-5-7-20(22)18-35(27)34;8-7(9)6-4-2-1-3-5-6;;/h5-15,22H,4,16-21,23-24H2,1-3H3;5-10,17,30H,4,11-16,18-19H2,1-3H3;1-5H;2*1H2/t33-,43?;26-,35?;;;/m11.../s1. The summed E-state index contributed by atoms with van der Waals surface area (Å²) >= 11 is 30.7. The minimum absolute atomic E-state index is 0. The molecule has 2 fully saturated rings. The van der Waals surface area contributed by atoms with Crippen molar-refractivity contribution in [3.63, 3.8) is 0 Å². The second kappa shape index (κ2) is 33.0. The third-order valence-corrected chi connectivity index (χ3v) is 24.2. The first-order chi connectivity index (χ1) is 41.7. The Hall–Kier alpha value is -4.27. The van der Waals surface area contributed by atoms with E-state index in [1.807, 2.05) is 114 Å². The van der Waals surface area contributed by atoms with E-state index in [0.29, 0.717) is 81.6 Å². The zero-order valence-electron chi connectivity index (χ0n) is 51.5. The molecule has 0 aromatic heterocycles. The highest BCUT2D eigenvalue weighted by molar-refractivity contribution is 7.85. The molecule has 480 valence electrons. The highest BCUT2D eigenvalue weighted by Gasteiger charge is 2.49. The summed E-state index contributed by atoms with van der Waals surface area (Å²) in [4.78, 5) is 60.0. The van der Waals surface area contributed by atoms with E-state index in [0.717, 1.165) is 76.0 Å². The molecule has 0 aliphatic carbocycles. The van der Waals surface area contributed by atoms with Gasteiger partial charge in [-0.2, -0.15) is 27.0 Å². The molecule has 4 aliphatic rings. The number of nitrogens with zero attached hydrogens (tertiary/aromatic N) is 5. The molecule has 0 bridgehead atoms. The van der Waals surface area contributed by atoms with Crippen molar-refractivity contribution in [3.05, 3.63) is 210 Å². The summed E-state index contributed by atoms with van der Waals surface area (Å²) in [5, 5.41) is 4.98. The van der Waals surface area contributed by atoms with Crippen LogP contribution in [0.2, 0.25) is 20.1 Å². The molecular weight excluding hydrogens is 1300 g/mol. The number of amides is 3. The van der Waals surface area contributed by atoms with Crippen molar-refractivity contribution in [1.29, 1.82) is 0 Å². The lowest BCUT2D eigenvalue weighted by atomic mass is 9.82. The van der Waals surface area contributed by atoms with Gasteiger partial charge in [0.15, 0.2) is 0 Å². The monoisotopic (exact) mass is 1380 g/mol. The van der Waals surface area contributed by atoms with E-state index in [9.17, 15) is 27.6 Å². The van der Waals surface area contributed by atoms with E-state index in [4.69, 9.17) is 58.0 Å². The third kappa shape index (κ3) is 16.8. The Balaban J connectivity index is 0.000000247. The molecular formula is C68H83Cl5N6O6S4. The fourth-order valence-electron chi connectivity index (χ4n) is 13.0. The van der Waals surface area contributed by atoms with Gasteiger partial charge >= 0.3 is 0 Å². The van der Waals surface area contributed by atoms with Crippen molar-refractivity contribution in [2.24, 2.45) is 0 Å². The van der Waals surface area contributed by atoms with E-state index in [-0.39, 0.29) is 54.2 Å². The van der Waals surface area contributed by atoms with E-state index in [1.165, 1.54) is 22.3 Å². The molecule has 6 aromatic rings. The van der Waals surface area contributed by atoms with E-state index < -0.39 is 37.9 Å².